The zero-order valence-electron chi connectivity index (χ0n) is 11.4. The van der Waals surface area contributed by atoms with Gasteiger partial charge < -0.3 is 15.4 Å². The molecule has 2 amide bonds. The zero-order valence-corrected chi connectivity index (χ0v) is 12.2. The number of carbonyl (C=O) groups is 1. The van der Waals surface area contributed by atoms with Crippen LogP contribution in [0.15, 0.2) is 30.5 Å². The van der Waals surface area contributed by atoms with Gasteiger partial charge in [-0.2, -0.15) is 0 Å². The van der Waals surface area contributed by atoms with Crippen molar-refractivity contribution in [1.82, 2.24) is 10.3 Å². The summed E-state index contributed by atoms with van der Waals surface area (Å²) in [6, 6.07) is 6.95. The number of nitrogens with zero attached hydrogens (tertiary/aromatic N) is 1. The summed E-state index contributed by atoms with van der Waals surface area (Å²) in [5.74, 6) is 0. The molecule has 0 radical (unpaired) electrons. The van der Waals surface area contributed by atoms with Gasteiger partial charge in [0.15, 0.2) is 0 Å². The normalized spacial score (nSPS) is 17.9. The highest BCUT2D eigenvalue weighted by Crippen LogP contribution is 2.27. The highest BCUT2D eigenvalue weighted by atomic mass is 35.5. The number of benzene rings is 1. The zero-order chi connectivity index (χ0) is 14.7. The summed E-state index contributed by atoms with van der Waals surface area (Å²) in [5, 5.41) is 7.04. The van der Waals surface area contributed by atoms with Crippen LogP contribution >= 0.6 is 11.6 Å². The van der Waals surface area contributed by atoms with E-state index in [9.17, 15) is 4.79 Å². The van der Waals surface area contributed by atoms with E-state index in [0.29, 0.717) is 22.8 Å². The van der Waals surface area contributed by atoms with Gasteiger partial charge in [0.1, 0.15) is 0 Å². The Labute approximate surface area is 127 Å². The van der Waals surface area contributed by atoms with Crippen LogP contribution in [-0.2, 0) is 4.74 Å². The van der Waals surface area contributed by atoms with Gasteiger partial charge in [0.25, 0.3) is 0 Å². The van der Waals surface area contributed by atoms with E-state index in [2.05, 4.69) is 15.6 Å². The topological polar surface area (TPSA) is 63.2 Å². The Hall–Kier alpha value is -1.85. The summed E-state index contributed by atoms with van der Waals surface area (Å²) in [6.45, 7) is 1.30. The number of rotatable bonds is 3. The lowest BCUT2D eigenvalue weighted by Gasteiger charge is -2.13. The number of hydrogen-bond acceptors (Lipinski definition) is 3. The number of amides is 2. The molecule has 0 bridgehead atoms. The predicted octanol–water partition coefficient (Wildman–Crippen LogP) is 3.19. The highest BCUT2D eigenvalue weighted by Gasteiger charge is 2.16. The standard InChI is InChI=1S/C15H16ClN3O2/c16-12-5-6-13(11-4-1-7-17-14(11)12)19-15(20)18-9-10-3-2-8-21-10/h1,4-7,10H,2-3,8-9H2,(H2,18,19,20)/t10-/m1/s1. The largest absolute Gasteiger partial charge is 0.376 e. The summed E-state index contributed by atoms with van der Waals surface area (Å²) in [5.41, 5.74) is 1.36. The van der Waals surface area contributed by atoms with Crippen LogP contribution < -0.4 is 10.6 Å². The van der Waals surface area contributed by atoms with E-state index in [1.807, 2.05) is 12.1 Å². The van der Waals surface area contributed by atoms with Crippen molar-refractivity contribution in [2.24, 2.45) is 0 Å². The average Bonchev–Trinajstić information content (AvgIpc) is 3.02. The first-order valence-corrected chi connectivity index (χ1v) is 7.31. The average molecular weight is 306 g/mol. The lowest BCUT2D eigenvalue weighted by atomic mass is 10.2. The number of hydrogen-bond donors (Lipinski definition) is 2. The van der Waals surface area contributed by atoms with E-state index in [1.54, 1.807) is 18.3 Å². The van der Waals surface area contributed by atoms with Gasteiger partial charge >= 0.3 is 6.03 Å². The predicted molar refractivity (Wildman–Crippen MR) is 82.7 cm³/mol. The molecule has 1 aromatic carbocycles. The number of urea groups is 1. The van der Waals surface area contributed by atoms with Crippen molar-refractivity contribution >= 4 is 34.2 Å². The van der Waals surface area contributed by atoms with Crippen molar-refractivity contribution in [3.8, 4) is 0 Å². The molecule has 1 atom stereocenters. The Kier molecular flexibility index (Phi) is 4.22. The molecule has 1 aliphatic rings. The van der Waals surface area contributed by atoms with E-state index in [1.165, 1.54) is 0 Å². The molecule has 0 unspecified atom stereocenters. The summed E-state index contributed by atoms with van der Waals surface area (Å²) in [7, 11) is 0. The smallest absolute Gasteiger partial charge is 0.319 e. The van der Waals surface area contributed by atoms with Crippen LogP contribution in [0, 0.1) is 0 Å². The Morgan fingerprint density at radius 2 is 2.33 bits per heavy atom. The van der Waals surface area contributed by atoms with E-state index < -0.39 is 0 Å². The molecule has 21 heavy (non-hydrogen) atoms. The van der Waals surface area contributed by atoms with E-state index >= 15 is 0 Å². The molecule has 1 fully saturated rings. The third-order valence-electron chi connectivity index (χ3n) is 3.48. The number of halogens is 1. The molecule has 110 valence electrons. The fraction of sp³-hybridized carbons (Fsp3) is 0.333. The van der Waals surface area contributed by atoms with Crippen molar-refractivity contribution in [3.63, 3.8) is 0 Å². The highest BCUT2D eigenvalue weighted by molar-refractivity contribution is 6.35. The van der Waals surface area contributed by atoms with Crippen molar-refractivity contribution in [3.05, 3.63) is 35.5 Å². The molecule has 1 aromatic heterocycles. The quantitative estimate of drug-likeness (QED) is 0.915. The fourth-order valence-electron chi connectivity index (χ4n) is 2.43. The van der Waals surface area contributed by atoms with Gasteiger partial charge in [-0.25, -0.2) is 4.79 Å². The lowest BCUT2D eigenvalue weighted by molar-refractivity contribution is 0.112. The second-order valence-electron chi connectivity index (χ2n) is 4.96. The number of aromatic nitrogens is 1. The minimum absolute atomic E-state index is 0.124. The van der Waals surface area contributed by atoms with Crippen molar-refractivity contribution in [2.45, 2.75) is 18.9 Å². The Bertz CT molecular complexity index is 656. The number of fused-ring (bicyclic) bond motifs is 1. The molecular weight excluding hydrogens is 290 g/mol. The van der Waals surface area contributed by atoms with Crippen LogP contribution in [0.3, 0.4) is 0 Å². The Morgan fingerprint density at radius 3 is 3.14 bits per heavy atom. The molecule has 0 saturated carbocycles. The van der Waals surface area contributed by atoms with E-state index in [-0.39, 0.29) is 12.1 Å². The van der Waals surface area contributed by atoms with Crippen LogP contribution in [-0.4, -0.2) is 30.3 Å². The maximum atomic E-state index is 12.0. The molecule has 5 nitrogen and oxygen atoms in total. The molecule has 2 heterocycles. The second-order valence-corrected chi connectivity index (χ2v) is 5.37. The van der Waals surface area contributed by atoms with Gasteiger partial charge in [-0.1, -0.05) is 11.6 Å². The summed E-state index contributed by atoms with van der Waals surface area (Å²) in [4.78, 5) is 16.2. The lowest BCUT2D eigenvalue weighted by Crippen LogP contribution is -2.35. The molecule has 1 saturated heterocycles. The summed E-state index contributed by atoms with van der Waals surface area (Å²) in [6.07, 6.45) is 3.85. The van der Waals surface area contributed by atoms with Crippen LogP contribution in [0.1, 0.15) is 12.8 Å². The molecule has 3 rings (SSSR count). The first-order valence-electron chi connectivity index (χ1n) is 6.94. The summed E-state index contributed by atoms with van der Waals surface area (Å²) < 4.78 is 5.47. The van der Waals surface area contributed by atoms with Gasteiger partial charge in [0.05, 0.1) is 22.3 Å². The van der Waals surface area contributed by atoms with Crippen molar-refractivity contribution in [1.29, 1.82) is 0 Å². The molecule has 2 N–H and O–H groups in total. The fourth-order valence-corrected chi connectivity index (χ4v) is 2.64. The van der Waals surface area contributed by atoms with E-state index in [4.69, 9.17) is 16.3 Å². The van der Waals surface area contributed by atoms with E-state index in [0.717, 1.165) is 24.8 Å². The first-order chi connectivity index (χ1) is 10.2. The molecule has 6 heteroatoms. The van der Waals surface area contributed by atoms with Gasteiger partial charge in [-0.15, -0.1) is 0 Å². The van der Waals surface area contributed by atoms with Gasteiger partial charge in [-0.05, 0) is 37.1 Å². The molecular formula is C15H16ClN3O2. The van der Waals surface area contributed by atoms with Crippen LogP contribution in [0.4, 0.5) is 10.5 Å². The van der Waals surface area contributed by atoms with Gasteiger partial charge in [0, 0.05) is 24.7 Å². The Morgan fingerprint density at radius 1 is 1.43 bits per heavy atom. The number of carbonyl (C=O) groups excluding carboxylic acids is 1. The van der Waals surface area contributed by atoms with Gasteiger partial charge in [0.2, 0.25) is 0 Å². The first kappa shape index (κ1) is 14.1. The number of pyridine rings is 1. The monoisotopic (exact) mass is 305 g/mol. The molecule has 0 aliphatic carbocycles. The third kappa shape index (κ3) is 3.25. The van der Waals surface area contributed by atoms with Gasteiger partial charge in [-0.3, -0.25) is 4.98 Å². The summed E-state index contributed by atoms with van der Waals surface area (Å²) >= 11 is 6.11. The molecule has 1 aliphatic heterocycles. The van der Waals surface area contributed by atoms with Crippen LogP contribution in [0.2, 0.25) is 5.02 Å². The van der Waals surface area contributed by atoms with Crippen LogP contribution in [0.25, 0.3) is 10.9 Å². The number of anilines is 1. The maximum absolute atomic E-state index is 12.0. The maximum Gasteiger partial charge on any atom is 0.319 e. The second kappa shape index (κ2) is 6.28. The number of nitrogens with one attached hydrogen (secondary N) is 2. The van der Waals surface area contributed by atoms with Crippen molar-refractivity contribution in [2.75, 3.05) is 18.5 Å². The molecule has 0 spiro atoms. The van der Waals surface area contributed by atoms with Crippen molar-refractivity contribution < 1.29 is 9.53 Å². The molecule has 2 aromatic rings. The minimum atomic E-state index is -0.252. The minimum Gasteiger partial charge on any atom is -0.376 e. The van der Waals surface area contributed by atoms with Crippen LogP contribution in [0.5, 0.6) is 0 Å². The Balaban J connectivity index is 1.69. The third-order valence-corrected chi connectivity index (χ3v) is 3.79. The SMILES string of the molecule is O=C(NC[C@H]1CCCO1)Nc1ccc(Cl)c2ncccc12. The number of ether oxygens (including phenoxy) is 1.